The van der Waals surface area contributed by atoms with Gasteiger partial charge in [-0.25, -0.2) is 0 Å². The first-order valence-electron chi connectivity index (χ1n) is 4.26. The van der Waals surface area contributed by atoms with Gasteiger partial charge in [0, 0.05) is 6.54 Å². The van der Waals surface area contributed by atoms with E-state index in [9.17, 15) is 0 Å². The van der Waals surface area contributed by atoms with Gasteiger partial charge in [-0.05, 0) is 38.9 Å². The maximum absolute atomic E-state index is 5.34. The van der Waals surface area contributed by atoms with Crippen LogP contribution in [-0.4, -0.2) is 26.2 Å². The molecule has 0 unspecified atom stereocenters. The van der Waals surface area contributed by atoms with Crippen molar-refractivity contribution >= 4 is 0 Å². The van der Waals surface area contributed by atoms with Crippen LogP contribution >= 0.6 is 0 Å². The molecule has 0 aromatic carbocycles. The lowest BCUT2D eigenvalue weighted by molar-refractivity contribution is 0.584. The van der Waals surface area contributed by atoms with Crippen LogP contribution in [0.3, 0.4) is 0 Å². The van der Waals surface area contributed by atoms with Crippen LogP contribution in [0.1, 0.15) is 19.3 Å². The first-order valence-corrected chi connectivity index (χ1v) is 4.26. The molecule has 0 saturated heterocycles. The summed E-state index contributed by atoms with van der Waals surface area (Å²) in [6, 6.07) is 0. The summed E-state index contributed by atoms with van der Waals surface area (Å²) in [5.74, 6) is 5.10. The lowest BCUT2D eigenvalue weighted by Crippen LogP contribution is -2.27. The molecule has 4 nitrogen and oxygen atoms in total. The Morgan fingerprint density at radius 2 is 1.64 bits per heavy atom. The van der Waals surface area contributed by atoms with Gasteiger partial charge < -0.3 is 11.1 Å². The predicted molar refractivity (Wildman–Crippen MR) is 48.0 cm³/mol. The molecule has 0 aliphatic rings. The molecule has 0 aromatic heterocycles. The Morgan fingerprint density at radius 1 is 0.909 bits per heavy atom. The maximum Gasteiger partial charge on any atom is 0.0109 e. The second kappa shape index (κ2) is 9.84. The third-order valence-electron chi connectivity index (χ3n) is 1.48. The molecule has 11 heavy (non-hydrogen) atoms. The molecule has 0 amide bonds. The minimum Gasteiger partial charge on any atom is -0.330 e. The van der Waals surface area contributed by atoms with E-state index in [2.05, 4.69) is 10.7 Å². The van der Waals surface area contributed by atoms with Gasteiger partial charge in [0.15, 0.2) is 0 Å². The molecule has 0 aromatic rings. The van der Waals surface area contributed by atoms with Gasteiger partial charge in [-0.15, -0.1) is 0 Å². The van der Waals surface area contributed by atoms with Crippen LogP contribution in [-0.2, 0) is 0 Å². The summed E-state index contributed by atoms with van der Waals surface area (Å²) in [5.41, 5.74) is 7.95. The smallest absolute Gasteiger partial charge is 0.0109 e. The molecule has 4 heteroatoms. The summed E-state index contributed by atoms with van der Waals surface area (Å²) in [6.45, 7) is 3.78. The molecule has 0 aliphatic heterocycles. The van der Waals surface area contributed by atoms with Crippen molar-refractivity contribution in [2.24, 2.45) is 11.6 Å². The summed E-state index contributed by atoms with van der Waals surface area (Å²) in [4.78, 5) is 0. The van der Waals surface area contributed by atoms with Crippen molar-refractivity contribution in [3.8, 4) is 0 Å². The quantitative estimate of drug-likeness (QED) is 0.212. The highest BCUT2D eigenvalue weighted by Crippen LogP contribution is 1.82. The van der Waals surface area contributed by atoms with Gasteiger partial charge in [-0.3, -0.25) is 11.3 Å². The fourth-order valence-corrected chi connectivity index (χ4v) is 0.835. The second-order valence-corrected chi connectivity index (χ2v) is 2.55. The number of unbranched alkanes of at least 4 members (excludes halogenated alkanes) is 1. The van der Waals surface area contributed by atoms with E-state index in [1.807, 2.05) is 0 Å². The largest absolute Gasteiger partial charge is 0.330 e. The van der Waals surface area contributed by atoms with E-state index in [0.717, 1.165) is 39.0 Å². The second-order valence-electron chi connectivity index (χ2n) is 2.55. The molecule has 6 N–H and O–H groups in total. The Labute approximate surface area is 68.7 Å². The highest BCUT2D eigenvalue weighted by Gasteiger charge is 1.86. The summed E-state index contributed by atoms with van der Waals surface area (Å²) >= 11 is 0. The first-order chi connectivity index (χ1) is 5.41. The topological polar surface area (TPSA) is 76.1 Å². The zero-order chi connectivity index (χ0) is 8.36. The van der Waals surface area contributed by atoms with Crippen molar-refractivity contribution in [1.29, 1.82) is 0 Å². The van der Waals surface area contributed by atoms with E-state index >= 15 is 0 Å². The molecule has 0 aliphatic carbocycles. The van der Waals surface area contributed by atoms with Crippen LogP contribution in [0.25, 0.3) is 0 Å². The third kappa shape index (κ3) is 9.84. The number of nitrogens with one attached hydrogen (secondary N) is 2. The van der Waals surface area contributed by atoms with Gasteiger partial charge >= 0.3 is 0 Å². The Morgan fingerprint density at radius 3 is 2.27 bits per heavy atom. The zero-order valence-corrected chi connectivity index (χ0v) is 7.10. The molecule has 0 rings (SSSR count). The molecule has 0 bridgehead atoms. The molecule has 0 saturated carbocycles. The Hall–Kier alpha value is -0.160. The van der Waals surface area contributed by atoms with Crippen molar-refractivity contribution in [3.63, 3.8) is 0 Å². The summed E-state index contributed by atoms with van der Waals surface area (Å²) in [6.07, 6.45) is 3.37. The molecule has 0 atom stereocenters. The van der Waals surface area contributed by atoms with E-state index in [1.165, 1.54) is 6.42 Å². The Balaban J connectivity index is 2.69. The number of nitrogens with two attached hydrogens (primary N) is 2. The highest BCUT2D eigenvalue weighted by atomic mass is 15.2. The molecule has 68 valence electrons. The fraction of sp³-hybridized carbons (Fsp3) is 1.00. The van der Waals surface area contributed by atoms with E-state index in [1.54, 1.807) is 0 Å². The van der Waals surface area contributed by atoms with Crippen LogP contribution < -0.4 is 22.3 Å². The first kappa shape index (κ1) is 10.8. The summed E-state index contributed by atoms with van der Waals surface area (Å²) in [5, 5.41) is 3.30. The summed E-state index contributed by atoms with van der Waals surface area (Å²) < 4.78 is 0. The average molecular weight is 160 g/mol. The van der Waals surface area contributed by atoms with Crippen LogP contribution in [0.15, 0.2) is 0 Å². The van der Waals surface area contributed by atoms with Crippen molar-refractivity contribution in [3.05, 3.63) is 0 Å². The van der Waals surface area contributed by atoms with Gasteiger partial charge in [-0.2, -0.15) is 0 Å². The van der Waals surface area contributed by atoms with Crippen LogP contribution in [0.4, 0.5) is 0 Å². The van der Waals surface area contributed by atoms with Crippen LogP contribution in [0, 0.1) is 0 Å². The number of hydrogen-bond acceptors (Lipinski definition) is 4. The number of hydrogen-bond donors (Lipinski definition) is 4. The van der Waals surface area contributed by atoms with Gasteiger partial charge in [0.1, 0.15) is 0 Å². The minimum atomic E-state index is 0.798. The predicted octanol–water partition coefficient (Wildman–Crippen LogP) is -0.832. The molecule has 0 fully saturated rings. The van der Waals surface area contributed by atoms with Crippen molar-refractivity contribution in [2.45, 2.75) is 19.3 Å². The van der Waals surface area contributed by atoms with Crippen LogP contribution in [0.2, 0.25) is 0 Å². The lowest BCUT2D eigenvalue weighted by Gasteiger charge is -2.02. The van der Waals surface area contributed by atoms with Crippen molar-refractivity contribution in [2.75, 3.05) is 26.2 Å². The normalized spacial score (nSPS) is 10.4. The van der Waals surface area contributed by atoms with E-state index in [-0.39, 0.29) is 0 Å². The van der Waals surface area contributed by atoms with Gasteiger partial charge in [0.2, 0.25) is 0 Å². The summed E-state index contributed by atoms with van der Waals surface area (Å²) in [7, 11) is 0. The van der Waals surface area contributed by atoms with Gasteiger partial charge in [0.05, 0.1) is 0 Å². The minimum absolute atomic E-state index is 0.798. The molecule has 0 radical (unpaired) electrons. The van der Waals surface area contributed by atoms with E-state index in [0.29, 0.717) is 0 Å². The van der Waals surface area contributed by atoms with Crippen molar-refractivity contribution < 1.29 is 0 Å². The Bertz CT molecular complexity index is 59.5. The van der Waals surface area contributed by atoms with Crippen molar-refractivity contribution in [1.82, 2.24) is 10.7 Å². The SMILES string of the molecule is NCCCCNCCCNN. The molecular formula is C7H20N4. The Kier molecular flexibility index (Phi) is 9.70. The lowest BCUT2D eigenvalue weighted by atomic mass is 10.3. The zero-order valence-electron chi connectivity index (χ0n) is 7.10. The monoisotopic (exact) mass is 160 g/mol. The fourth-order valence-electron chi connectivity index (χ4n) is 0.835. The van der Waals surface area contributed by atoms with E-state index < -0.39 is 0 Å². The molecule has 0 spiro atoms. The highest BCUT2D eigenvalue weighted by molar-refractivity contribution is 4.49. The number of rotatable bonds is 8. The van der Waals surface area contributed by atoms with Gasteiger partial charge in [-0.1, -0.05) is 0 Å². The average Bonchev–Trinajstić information content (AvgIpc) is 2.03. The molecular weight excluding hydrogens is 140 g/mol. The number of hydrazine groups is 1. The third-order valence-corrected chi connectivity index (χ3v) is 1.48. The molecule has 0 heterocycles. The maximum atomic E-state index is 5.34. The van der Waals surface area contributed by atoms with Crippen LogP contribution in [0.5, 0.6) is 0 Å². The van der Waals surface area contributed by atoms with E-state index in [4.69, 9.17) is 11.6 Å². The van der Waals surface area contributed by atoms with Gasteiger partial charge in [0.25, 0.3) is 0 Å². The standard InChI is InChI=1S/C7H20N4/c8-4-1-2-5-10-6-3-7-11-9/h10-11H,1-9H2.